The molecule has 1 fully saturated rings. The summed E-state index contributed by atoms with van der Waals surface area (Å²) in [6.07, 6.45) is 3.67. The largest absolute Gasteiger partial charge is 0.475 e. The number of piperidine rings is 1. The number of hydrogen-bond acceptors (Lipinski definition) is 3. The first-order chi connectivity index (χ1) is 7.66. The highest BCUT2D eigenvalue weighted by atomic mass is 35.5. The zero-order chi connectivity index (χ0) is 11.5. The first kappa shape index (κ1) is 11.5. The highest BCUT2D eigenvalue weighted by Crippen LogP contribution is 2.23. The minimum absolute atomic E-state index is 0.0861. The summed E-state index contributed by atoms with van der Waals surface area (Å²) >= 11 is 5.85. The smallest absolute Gasteiger partial charge is 0.371 e. The van der Waals surface area contributed by atoms with Gasteiger partial charge < -0.3 is 9.52 Å². The Kier molecular flexibility index (Phi) is 3.51. The number of carbonyl (C=O) groups is 1. The summed E-state index contributed by atoms with van der Waals surface area (Å²) in [5.74, 6) is -1.16. The van der Waals surface area contributed by atoms with Gasteiger partial charge in [-0.3, -0.25) is 4.90 Å². The molecule has 1 aliphatic heterocycles. The fourth-order valence-electron chi connectivity index (χ4n) is 1.98. The Morgan fingerprint density at radius 2 is 2.12 bits per heavy atom. The van der Waals surface area contributed by atoms with Crippen molar-refractivity contribution in [1.82, 2.24) is 4.90 Å². The van der Waals surface area contributed by atoms with Crippen molar-refractivity contribution in [3.05, 3.63) is 22.6 Å². The van der Waals surface area contributed by atoms with E-state index >= 15 is 0 Å². The number of aromatic carboxylic acids is 1. The number of carboxylic acids is 1. The third-order valence-corrected chi connectivity index (χ3v) is 3.13. The van der Waals surface area contributed by atoms with Crippen LogP contribution in [-0.2, 0) is 6.54 Å². The van der Waals surface area contributed by atoms with Crippen molar-refractivity contribution in [3.8, 4) is 0 Å². The number of carboxylic acid groups (broad SMARTS) is 1. The molecule has 5 heteroatoms. The number of hydrogen-bond donors (Lipinski definition) is 1. The lowest BCUT2D eigenvalue weighted by Gasteiger charge is -2.25. The van der Waals surface area contributed by atoms with E-state index in [0.717, 1.165) is 18.7 Å². The molecule has 0 aliphatic carbocycles. The molecular formula is C11H14ClNO3. The molecule has 88 valence electrons. The fourth-order valence-corrected chi connectivity index (χ4v) is 2.18. The average molecular weight is 244 g/mol. The van der Waals surface area contributed by atoms with Crippen LogP contribution in [0, 0.1) is 0 Å². The van der Waals surface area contributed by atoms with Crippen LogP contribution in [0.4, 0.5) is 0 Å². The minimum Gasteiger partial charge on any atom is -0.475 e. The summed E-state index contributed by atoms with van der Waals surface area (Å²) in [6, 6.07) is 1.51. The molecule has 4 nitrogen and oxygen atoms in total. The van der Waals surface area contributed by atoms with Crippen LogP contribution in [0.5, 0.6) is 0 Å². The lowest BCUT2D eigenvalue weighted by Crippen LogP contribution is -2.28. The normalized spacial score (nSPS) is 17.6. The standard InChI is InChI=1S/C11H14ClNO3/c12-10-8(6-9(16-10)11(14)15)7-13-4-2-1-3-5-13/h6H,1-5,7H2,(H,14,15). The van der Waals surface area contributed by atoms with E-state index in [0.29, 0.717) is 6.54 Å². The third kappa shape index (κ3) is 2.57. The van der Waals surface area contributed by atoms with Crippen molar-refractivity contribution in [3.63, 3.8) is 0 Å². The molecular weight excluding hydrogens is 230 g/mol. The maximum Gasteiger partial charge on any atom is 0.371 e. The molecule has 0 aromatic carbocycles. The maximum absolute atomic E-state index is 10.7. The monoisotopic (exact) mass is 243 g/mol. The van der Waals surface area contributed by atoms with Crippen molar-refractivity contribution < 1.29 is 14.3 Å². The molecule has 0 spiro atoms. The van der Waals surface area contributed by atoms with Crippen molar-refractivity contribution in [2.75, 3.05) is 13.1 Å². The highest BCUT2D eigenvalue weighted by molar-refractivity contribution is 6.29. The fraction of sp³-hybridized carbons (Fsp3) is 0.545. The second kappa shape index (κ2) is 4.89. The zero-order valence-corrected chi connectivity index (χ0v) is 9.66. The van der Waals surface area contributed by atoms with Gasteiger partial charge >= 0.3 is 5.97 Å². The first-order valence-electron chi connectivity index (χ1n) is 5.40. The van der Waals surface area contributed by atoms with Gasteiger partial charge in [0.05, 0.1) is 0 Å². The van der Waals surface area contributed by atoms with Gasteiger partial charge in [0.25, 0.3) is 0 Å². The zero-order valence-electron chi connectivity index (χ0n) is 8.91. The molecule has 2 rings (SSSR count). The van der Waals surface area contributed by atoms with Gasteiger partial charge in [0.1, 0.15) is 0 Å². The van der Waals surface area contributed by atoms with Gasteiger partial charge in [-0.1, -0.05) is 6.42 Å². The van der Waals surface area contributed by atoms with Gasteiger partial charge in [-0.05, 0) is 43.6 Å². The van der Waals surface area contributed by atoms with Crippen LogP contribution in [0.3, 0.4) is 0 Å². The van der Waals surface area contributed by atoms with E-state index in [2.05, 4.69) is 4.90 Å². The summed E-state index contributed by atoms with van der Waals surface area (Å²) < 4.78 is 4.96. The highest BCUT2D eigenvalue weighted by Gasteiger charge is 2.18. The second-order valence-electron chi connectivity index (χ2n) is 4.05. The SMILES string of the molecule is O=C(O)c1cc(CN2CCCCC2)c(Cl)o1. The first-order valence-corrected chi connectivity index (χ1v) is 5.78. The Balaban J connectivity index is 2.05. The van der Waals surface area contributed by atoms with Crippen LogP contribution in [0.15, 0.2) is 10.5 Å². The second-order valence-corrected chi connectivity index (χ2v) is 4.39. The van der Waals surface area contributed by atoms with Crippen molar-refractivity contribution >= 4 is 17.6 Å². The molecule has 0 bridgehead atoms. The minimum atomic E-state index is -1.08. The van der Waals surface area contributed by atoms with E-state index < -0.39 is 5.97 Å². The van der Waals surface area contributed by atoms with Crippen molar-refractivity contribution in [1.29, 1.82) is 0 Å². The number of likely N-dealkylation sites (tertiary alicyclic amines) is 1. The van der Waals surface area contributed by atoms with Gasteiger partial charge in [-0.15, -0.1) is 0 Å². The predicted molar refractivity (Wildman–Crippen MR) is 59.8 cm³/mol. The van der Waals surface area contributed by atoms with Crippen molar-refractivity contribution in [2.24, 2.45) is 0 Å². The Morgan fingerprint density at radius 1 is 1.44 bits per heavy atom. The third-order valence-electron chi connectivity index (χ3n) is 2.81. The van der Waals surface area contributed by atoms with E-state index in [-0.39, 0.29) is 11.0 Å². The maximum atomic E-state index is 10.7. The topological polar surface area (TPSA) is 53.7 Å². The van der Waals surface area contributed by atoms with E-state index in [1.54, 1.807) is 0 Å². The number of nitrogens with zero attached hydrogens (tertiary/aromatic N) is 1. The van der Waals surface area contributed by atoms with Gasteiger partial charge in [0.2, 0.25) is 5.76 Å². The molecule has 2 heterocycles. The van der Waals surface area contributed by atoms with Crippen molar-refractivity contribution in [2.45, 2.75) is 25.8 Å². The van der Waals surface area contributed by atoms with Gasteiger partial charge in [-0.25, -0.2) is 4.79 Å². The van der Waals surface area contributed by atoms with Gasteiger partial charge in [0, 0.05) is 12.1 Å². The summed E-state index contributed by atoms with van der Waals surface area (Å²) in [7, 11) is 0. The van der Waals surface area contributed by atoms with Crippen LogP contribution >= 0.6 is 11.6 Å². The number of halogens is 1. The van der Waals surface area contributed by atoms with Crippen LogP contribution in [-0.4, -0.2) is 29.1 Å². The molecule has 1 aliphatic rings. The molecule has 1 N–H and O–H groups in total. The van der Waals surface area contributed by atoms with E-state index in [1.165, 1.54) is 25.3 Å². The summed E-state index contributed by atoms with van der Waals surface area (Å²) in [6.45, 7) is 2.77. The molecule has 1 saturated heterocycles. The lowest BCUT2D eigenvalue weighted by molar-refractivity contribution is 0.0662. The summed E-state index contributed by atoms with van der Waals surface area (Å²) in [5, 5.41) is 8.96. The molecule has 1 aromatic heterocycles. The van der Waals surface area contributed by atoms with Crippen LogP contribution in [0.25, 0.3) is 0 Å². The summed E-state index contributed by atoms with van der Waals surface area (Å²) in [5.41, 5.74) is 0.765. The molecule has 0 unspecified atom stereocenters. The number of furan rings is 1. The van der Waals surface area contributed by atoms with E-state index in [4.69, 9.17) is 21.1 Å². The molecule has 16 heavy (non-hydrogen) atoms. The molecule has 0 amide bonds. The number of rotatable bonds is 3. The Bertz CT molecular complexity index is 383. The molecule has 0 saturated carbocycles. The van der Waals surface area contributed by atoms with E-state index in [9.17, 15) is 4.79 Å². The Morgan fingerprint density at radius 3 is 2.69 bits per heavy atom. The van der Waals surface area contributed by atoms with Crippen LogP contribution in [0.1, 0.15) is 35.4 Å². The van der Waals surface area contributed by atoms with Crippen LogP contribution in [0.2, 0.25) is 5.22 Å². The van der Waals surface area contributed by atoms with E-state index in [1.807, 2.05) is 0 Å². The Hall–Kier alpha value is -1.00. The predicted octanol–water partition coefficient (Wildman–Crippen LogP) is 2.62. The molecule has 1 aromatic rings. The molecule has 0 radical (unpaired) electrons. The molecule has 0 atom stereocenters. The summed E-state index contributed by atoms with van der Waals surface area (Å²) in [4.78, 5) is 13.0. The Labute approximate surface area is 98.8 Å². The average Bonchev–Trinajstić information content (AvgIpc) is 2.62. The van der Waals surface area contributed by atoms with Gasteiger partial charge in [-0.2, -0.15) is 0 Å². The quantitative estimate of drug-likeness (QED) is 0.887. The van der Waals surface area contributed by atoms with Crippen LogP contribution < -0.4 is 0 Å². The lowest BCUT2D eigenvalue weighted by atomic mass is 10.1. The van der Waals surface area contributed by atoms with Gasteiger partial charge in [0.15, 0.2) is 5.22 Å².